The maximum absolute atomic E-state index is 12.9. The Bertz CT molecular complexity index is 870. The Labute approximate surface area is 149 Å². The van der Waals surface area contributed by atoms with Gasteiger partial charge in [-0.2, -0.15) is 0 Å². The predicted octanol–water partition coefficient (Wildman–Crippen LogP) is 4.82. The summed E-state index contributed by atoms with van der Waals surface area (Å²) in [6.07, 6.45) is 0.203. The van der Waals surface area contributed by atoms with Crippen molar-refractivity contribution < 1.29 is 9.18 Å². The standard InChI is InChI=1S/C19H18FN3OS/c1-12-7-13(2)9-16(8-12)21-18(24)10-17-11-25-19(23-17)22-15-5-3-14(20)4-6-15/h3-9,11H,10H2,1-2H3,(H,21,24)(H,22,23). The SMILES string of the molecule is Cc1cc(C)cc(NC(=O)Cc2csc(Nc3ccc(F)cc3)n2)c1. The van der Waals surface area contributed by atoms with Crippen LogP contribution >= 0.6 is 11.3 Å². The summed E-state index contributed by atoms with van der Waals surface area (Å²) in [6, 6.07) is 12.0. The third-order valence-electron chi connectivity index (χ3n) is 3.49. The normalized spacial score (nSPS) is 10.5. The summed E-state index contributed by atoms with van der Waals surface area (Å²) in [6.45, 7) is 3.99. The van der Waals surface area contributed by atoms with Crippen molar-refractivity contribution in [2.24, 2.45) is 0 Å². The van der Waals surface area contributed by atoms with E-state index in [1.165, 1.54) is 23.5 Å². The molecule has 0 aliphatic carbocycles. The van der Waals surface area contributed by atoms with E-state index in [1.807, 2.05) is 31.4 Å². The number of benzene rings is 2. The highest BCUT2D eigenvalue weighted by Crippen LogP contribution is 2.22. The second kappa shape index (κ2) is 7.44. The van der Waals surface area contributed by atoms with E-state index in [2.05, 4.69) is 21.7 Å². The summed E-state index contributed by atoms with van der Waals surface area (Å²) in [5.74, 6) is -0.392. The molecule has 0 fully saturated rings. The highest BCUT2D eigenvalue weighted by Gasteiger charge is 2.09. The number of carbonyl (C=O) groups excluding carboxylic acids is 1. The first kappa shape index (κ1) is 17.1. The molecule has 0 unspecified atom stereocenters. The zero-order valence-electron chi connectivity index (χ0n) is 14.0. The van der Waals surface area contributed by atoms with Crippen LogP contribution in [0.5, 0.6) is 0 Å². The van der Waals surface area contributed by atoms with Crippen molar-refractivity contribution in [2.75, 3.05) is 10.6 Å². The molecule has 25 heavy (non-hydrogen) atoms. The molecular formula is C19H18FN3OS. The molecule has 0 atom stereocenters. The minimum absolute atomic E-state index is 0.108. The third kappa shape index (κ3) is 4.87. The Morgan fingerprint density at radius 1 is 1.08 bits per heavy atom. The summed E-state index contributed by atoms with van der Waals surface area (Å²) in [7, 11) is 0. The number of anilines is 3. The molecule has 3 aromatic rings. The minimum atomic E-state index is -0.284. The Hall–Kier alpha value is -2.73. The Morgan fingerprint density at radius 2 is 1.76 bits per heavy atom. The second-order valence-corrected chi connectivity index (χ2v) is 6.74. The van der Waals surface area contributed by atoms with Crippen LogP contribution < -0.4 is 10.6 Å². The highest BCUT2D eigenvalue weighted by molar-refractivity contribution is 7.13. The number of aryl methyl sites for hydroxylation is 2. The number of aromatic nitrogens is 1. The Morgan fingerprint density at radius 3 is 2.44 bits per heavy atom. The third-order valence-corrected chi connectivity index (χ3v) is 4.30. The van der Waals surface area contributed by atoms with Gasteiger partial charge in [-0.1, -0.05) is 6.07 Å². The number of rotatable bonds is 5. The maximum atomic E-state index is 12.9. The molecule has 6 heteroatoms. The summed E-state index contributed by atoms with van der Waals surface area (Å²) in [4.78, 5) is 16.6. The molecule has 1 heterocycles. The molecule has 0 spiro atoms. The van der Waals surface area contributed by atoms with Crippen molar-refractivity contribution in [3.05, 3.63) is 70.5 Å². The van der Waals surface area contributed by atoms with Crippen molar-refractivity contribution in [1.82, 2.24) is 4.98 Å². The first-order valence-electron chi connectivity index (χ1n) is 7.83. The fourth-order valence-electron chi connectivity index (χ4n) is 2.52. The molecule has 0 aliphatic heterocycles. The van der Waals surface area contributed by atoms with Gasteiger partial charge in [0, 0.05) is 16.8 Å². The van der Waals surface area contributed by atoms with Gasteiger partial charge in [0.05, 0.1) is 12.1 Å². The molecular weight excluding hydrogens is 337 g/mol. The van der Waals surface area contributed by atoms with Crippen LogP contribution in [-0.4, -0.2) is 10.9 Å². The van der Waals surface area contributed by atoms with Crippen LogP contribution in [0.3, 0.4) is 0 Å². The summed E-state index contributed by atoms with van der Waals surface area (Å²) in [5.41, 5.74) is 4.45. The quantitative estimate of drug-likeness (QED) is 0.690. The molecule has 0 radical (unpaired) electrons. The first-order valence-corrected chi connectivity index (χ1v) is 8.71. The zero-order valence-corrected chi connectivity index (χ0v) is 14.8. The number of nitrogens with one attached hydrogen (secondary N) is 2. The topological polar surface area (TPSA) is 54.0 Å². The minimum Gasteiger partial charge on any atom is -0.332 e. The van der Waals surface area contributed by atoms with Crippen LogP contribution in [0.25, 0.3) is 0 Å². The fraction of sp³-hybridized carbons (Fsp3) is 0.158. The largest absolute Gasteiger partial charge is 0.332 e. The second-order valence-electron chi connectivity index (χ2n) is 5.88. The van der Waals surface area contributed by atoms with E-state index in [0.29, 0.717) is 10.8 Å². The monoisotopic (exact) mass is 355 g/mol. The number of thiazole rings is 1. The Balaban J connectivity index is 1.60. The number of amides is 1. The van der Waals surface area contributed by atoms with Gasteiger partial charge < -0.3 is 10.6 Å². The average molecular weight is 355 g/mol. The molecule has 0 saturated heterocycles. The smallest absolute Gasteiger partial charge is 0.230 e. The van der Waals surface area contributed by atoms with E-state index in [0.717, 1.165) is 22.5 Å². The van der Waals surface area contributed by atoms with Gasteiger partial charge in [-0.05, 0) is 61.4 Å². The van der Waals surface area contributed by atoms with Crippen LogP contribution in [-0.2, 0) is 11.2 Å². The lowest BCUT2D eigenvalue weighted by Crippen LogP contribution is -2.14. The van der Waals surface area contributed by atoms with Crippen molar-refractivity contribution in [1.29, 1.82) is 0 Å². The van der Waals surface area contributed by atoms with Crippen LogP contribution in [0.15, 0.2) is 47.8 Å². The van der Waals surface area contributed by atoms with Gasteiger partial charge in [-0.25, -0.2) is 9.37 Å². The molecule has 0 aliphatic rings. The van der Waals surface area contributed by atoms with Gasteiger partial charge in [-0.15, -0.1) is 11.3 Å². The van der Waals surface area contributed by atoms with Crippen molar-refractivity contribution in [3.63, 3.8) is 0 Å². The zero-order chi connectivity index (χ0) is 17.8. The highest BCUT2D eigenvalue weighted by atomic mass is 32.1. The molecule has 4 nitrogen and oxygen atoms in total. The van der Waals surface area contributed by atoms with E-state index in [4.69, 9.17) is 0 Å². The molecule has 0 saturated carbocycles. The van der Waals surface area contributed by atoms with E-state index >= 15 is 0 Å². The summed E-state index contributed by atoms with van der Waals surface area (Å²) < 4.78 is 12.9. The van der Waals surface area contributed by atoms with E-state index in [-0.39, 0.29) is 18.1 Å². The van der Waals surface area contributed by atoms with Crippen LogP contribution in [0.2, 0.25) is 0 Å². The van der Waals surface area contributed by atoms with Gasteiger partial charge in [-0.3, -0.25) is 4.79 Å². The van der Waals surface area contributed by atoms with Gasteiger partial charge in [0.2, 0.25) is 5.91 Å². The maximum Gasteiger partial charge on any atom is 0.230 e. The Kier molecular flexibility index (Phi) is 5.09. The number of nitrogens with zero attached hydrogens (tertiary/aromatic N) is 1. The van der Waals surface area contributed by atoms with E-state index in [1.54, 1.807) is 12.1 Å². The number of halogens is 1. The van der Waals surface area contributed by atoms with E-state index < -0.39 is 0 Å². The summed E-state index contributed by atoms with van der Waals surface area (Å²) in [5, 5.41) is 8.51. The van der Waals surface area contributed by atoms with Gasteiger partial charge in [0.25, 0.3) is 0 Å². The lowest BCUT2D eigenvalue weighted by Gasteiger charge is -2.06. The van der Waals surface area contributed by atoms with Crippen molar-refractivity contribution in [2.45, 2.75) is 20.3 Å². The lowest BCUT2D eigenvalue weighted by atomic mass is 10.1. The van der Waals surface area contributed by atoms with Crippen molar-refractivity contribution >= 4 is 33.8 Å². The average Bonchev–Trinajstić information content (AvgIpc) is 2.95. The van der Waals surface area contributed by atoms with Gasteiger partial charge in [0.1, 0.15) is 5.82 Å². The molecule has 128 valence electrons. The fourth-order valence-corrected chi connectivity index (χ4v) is 3.25. The van der Waals surface area contributed by atoms with Crippen LogP contribution in [0.4, 0.5) is 20.9 Å². The van der Waals surface area contributed by atoms with Crippen molar-refractivity contribution in [3.8, 4) is 0 Å². The van der Waals surface area contributed by atoms with Gasteiger partial charge in [0.15, 0.2) is 5.13 Å². The number of carbonyl (C=O) groups is 1. The number of hydrogen-bond donors (Lipinski definition) is 2. The van der Waals surface area contributed by atoms with E-state index in [9.17, 15) is 9.18 Å². The lowest BCUT2D eigenvalue weighted by molar-refractivity contribution is -0.115. The molecule has 2 aromatic carbocycles. The molecule has 0 bridgehead atoms. The molecule has 3 rings (SSSR count). The van der Waals surface area contributed by atoms with Gasteiger partial charge >= 0.3 is 0 Å². The number of hydrogen-bond acceptors (Lipinski definition) is 4. The van der Waals surface area contributed by atoms with Crippen LogP contribution in [0.1, 0.15) is 16.8 Å². The predicted molar refractivity (Wildman–Crippen MR) is 100 cm³/mol. The first-order chi connectivity index (χ1) is 12.0. The molecule has 1 amide bonds. The molecule has 2 N–H and O–H groups in total. The summed E-state index contributed by atoms with van der Waals surface area (Å²) >= 11 is 1.41. The van der Waals surface area contributed by atoms with Crippen LogP contribution in [0, 0.1) is 19.7 Å². The molecule has 1 aromatic heterocycles.